The molecular formula is C28H34N4O2. The van der Waals surface area contributed by atoms with Crippen molar-refractivity contribution in [2.24, 2.45) is 0 Å². The summed E-state index contributed by atoms with van der Waals surface area (Å²) in [7, 11) is 0. The zero-order valence-electron chi connectivity index (χ0n) is 20.8. The van der Waals surface area contributed by atoms with E-state index < -0.39 is 6.10 Å². The van der Waals surface area contributed by atoms with Gasteiger partial charge in [-0.3, -0.25) is 4.79 Å². The van der Waals surface area contributed by atoms with E-state index in [1.807, 2.05) is 48.5 Å². The van der Waals surface area contributed by atoms with E-state index in [0.29, 0.717) is 5.69 Å². The van der Waals surface area contributed by atoms with Crippen LogP contribution in [-0.4, -0.2) is 35.3 Å². The first kappa shape index (κ1) is 23.7. The maximum absolute atomic E-state index is 12.8. The van der Waals surface area contributed by atoms with E-state index in [1.54, 1.807) is 6.92 Å². The van der Waals surface area contributed by atoms with Crippen LogP contribution in [0, 0.1) is 6.92 Å². The molecule has 0 bridgehead atoms. The van der Waals surface area contributed by atoms with Gasteiger partial charge in [0.15, 0.2) is 11.9 Å². The molecule has 6 heteroatoms. The number of nitrogens with one attached hydrogen (secondary N) is 1. The van der Waals surface area contributed by atoms with Gasteiger partial charge in [0.25, 0.3) is 5.91 Å². The van der Waals surface area contributed by atoms with Crippen molar-refractivity contribution in [3.05, 3.63) is 65.7 Å². The number of carbonyl (C=O) groups excluding carboxylic acids is 1. The molecule has 1 N–H and O–H groups in total. The molecule has 178 valence electrons. The van der Waals surface area contributed by atoms with Gasteiger partial charge in [-0.2, -0.15) is 0 Å². The molecule has 0 radical (unpaired) electrons. The Kier molecular flexibility index (Phi) is 6.87. The molecule has 1 fully saturated rings. The minimum atomic E-state index is -0.632. The average molecular weight is 459 g/mol. The smallest absolute Gasteiger partial charge is 0.265 e. The number of carbonyl (C=O) groups is 1. The summed E-state index contributed by atoms with van der Waals surface area (Å²) in [6.07, 6.45) is 1.79. The lowest BCUT2D eigenvalue weighted by Gasteiger charge is -2.25. The van der Waals surface area contributed by atoms with E-state index in [-0.39, 0.29) is 11.3 Å². The highest BCUT2D eigenvalue weighted by atomic mass is 16.5. The Morgan fingerprint density at radius 3 is 2.32 bits per heavy atom. The number of aromatic nitrogens is 2. The molecule has 1 unspecified atom stereocenters. The first-order chi connectivity index (χ1) is 16.2. The highest BCUT2D eigenvalue weighted by Gasteiger charge is 2.23. The van der Waals surface area contributed by atoms with Crippen LogP contribution < -0.4 is 15.0 Å². The lowest BCUT2D eigenvalue weighted by atomic mass is 9.85. The van der Waals surface area contributed by atoms with Gasteiger partial charge >= 0.3 is 0 Å². The van der Waals surface area contributed by atoms with Gasteiger partial charge in [0.05, 0.1) is 5.69 Å². The molecule has 3 aromatic rings. The number of aryl methyl sites for hydroxylation is 1. The standard InChI is InChI=1S/C28H34N4O2/c1-19-8-14-25(23(18-19)28(3,4)5)34-20(2)27(33)29-22-11-9-21(10-12-22)24-13-15-26(31-30-24)32-16-6-7-17-32/h8-15,18,20H,6-7,16-17H2,1-5H3,(H,29,33). The molecule has 1 aromatic heterocycles. The highest BCUT2D eigenvalue weighted by molar-refractivity contribution is 5.94. The van der Waals surface area contributed by atoms with Crippen LogP contribution in [0.5, 0.6) is 5.75 Å². The first-order valence-corrected chi connectivity index (χ1v) is 12.0. The van der Waals surface area contributed by atoms with Crippen molar-refractivity contribution in [2.45, 2.75) is 59.0 Å². The van der Waals surface area contributed by atoms with E-state index in [9.17, 15) is 4.79 Å². The van der Waals surface area contributed by atoms with Crippen LogP contribution in [0.15, 0.2) is 54.6 Å². The van der Waals surface area contributed by atoms with Crippen molar-refractivity contribution in [3.63, 3.8) is 0 Å². The van der Waals surface area contributed by atoms with Crippen molar-refractivity contribution in [2.75, 3.05) is 23.3 Å². The van der Waals surface area contributed by atoms with Gasteiger partial charge in [-0.15, -0.1) is 10.2 Å². The van der Waals surface area contributed by atoms with Crippen LogP contribution in [0.3, 0.4) is 0 Å². The summed E-state index contributed by atoms with van der Waals surface area (Å²) < 4.78 is 6.07. The van der Waals surface area contributed by atoms with Crippen LogP contribution in [0.1, 0.15) is 51.7 Å². The number of amides is 1. The largest absolute Gasteiger partial charge is 0.481 e. The summed E-state index contributed by atoms with van der Waals surface area (Å²) >= 11 is 0. The van der Waals surface area contributed by atoms with Gasteiger partial charge in [-0.25, -0.2) is 0 Å². The van der Waals surface area contributed by atoms with Crippen LogP contribution in [0.25, 0.3) is 11.3 Å². The molecule has 2 aromatic carbocycles. The van der Waals surface area contributed by atoms with Crippen molar-refractivity contribution in [3.8, 4) is 17.0 Å². The van der Waals surface area contributed by atoms with Gasteiger partial charge < -0.3 is 15.0 Å². The fourth-order valence-electron chi connectivity index (χ4n) is 4.14. The Morgan fingerprint density at radius 2 is 1.71 bits per heavy atom. The third-order valence-corrected chi connectivity index (χ3v) is 6.14. The number of rotatable bonds is 6. The van der Waals surface area contributed by atoms with E-state index in [2.05, 4.69) is 54.2 Å². The van der Waals surface area contributed by atoms with Crippen molar-refractivity contribution in [1.82, 2.24) is 10.2 Å². The van der Waals surface area contributed by atoms with Crippen molar-refractivity contribution >= 4 is 17.4 Å². The third-order valence-electron chi connectivity index (χ3n) is 6.14. The van der Waals surface area contributed by atoms with Gasteiger partial charge in [-0.1, -0.05) is 50.6 Å². The number of hydrogen-bond acceptors (Lipinski definition) is 5. The maximum atomic E-state index is 12.8. The second kappa shape index (κ2) is 9.84. The van der Waals surface area contributed by atoms with Crippen molar-refractivity contribution in [1.29, 1.82) is 0 Å². The molecule has 0 aliphatic carbocycles. The lowest BCUT2D eigenvalue weighted by Crippen LogP contribution is -2.31. The van der Waals surface area contributed by atoms with Crippen LogP contribution >= 0.6 is 0 Å². The summed E-state index contributed by atoms with van der Waals surface area (Å²) in [6.45, 7) is 12.4. The van der Waals surface area contributed by atoms with E-state index in [4.69, 9.17) is 4.74 Å². The Hall–Kier alpha value is -3.41. The van der Waals surface area contributed by atoms with E-state index in [1.165, 1.54) is 18.4 Å². The van der Waals surface area contributed by atoms with Crippen molar-refractivity contribution < 1.29 is 9.53 Å². The summed E-state index contributed by atoms with van der Waals surface area (Å²) in [6, 6.07) is 17.7. The topological polar surface area (TPSA) is 67.3 Å². The lowest BCUT2D eigenvalue weighted by molar-refractivity contribution is -0.122. The molecule has 1 aliphatic heterocycles. The molecule has 1 saturated heterocycles. The van der Waals surface area contributed by atoms with Gasteiger partial charge in [-0.05, 0) is 68.0 Å². The number of benzene rings is 2. The quantitative estimate of drug-likeness (QED) is 0.509. The number of anilines is 2. The Labute approximate surface area is 202 Å². The molecule has 4 rings (SSSR count). The van der Waals surface area contributed by atoms with E-state index >= 15 is 0 Å². The number of nitrogens with zero attached hydrogens (tertiary/aromatic N) is 3. The maximum Gasteiger partial charge on any atom is 0.265 e. The Morgan fingerprint density at radius 1 is 1.00 bits per heavy atom. The van der Waals surface area contributed by atoms with Crippen LogP contribution in [0.4, 0.5) is 11.5 Å². The molecule has 0 spiro atoms. The fourth-order valence-corrected chi connectivity index (χ4v) is 4.14. The summed E-state index contributed by atoms with van der Waals surface area (Å²) in [5, 5.41) is 11.7. The molecule has 1 aliphatic rings. The van der Waals surface area contributed by atoms with Crippen LogP contribution in [0.2, 0.25) is 0 Å². The summed E-state index contributed by atoms with van der Waals surface area (Å²) in [5.74, 6) is 1.48. The Bertz CT molecular complexity index is 1130. The minimum Gasteiger partial charge on any atom is -0.481 e. The second-order valence-electron chi connectivity index (χ2n) is 10.0. The van der Waals surface area contributed by atoms with Crippen LogP contribution in [-0.2, 0) is 10.2 Å². The van der Waals surface area contributed by atoms with Gasteiger partial charge in [0, 0.05) is 24.3 Å². The average Bonchev–Trinajstić information content (AvgIpc) is 3.35. The monoisotopic (exact) mass is 458 g/mol. The molecule has 2 heterocycles. The zero-order chi connectivity index (χ0) is 24.3. The van der Waals surface area contributed by atoms with Gasteiger partial charge in [0.2, 0.25) is 0 Å². The first-order valence-electron chi connectivity index (χ1n) is 12.0. The molecule has 34 heavy (non-hydrogen) atoms. The predicted octanol–water partition coefficient (Wildman–Crippen LogP) is 5.76. The minimum absolute atomic E-state index is 0.0804. The van der Waals surface area contributed by atoms with E-state index in [0.717, 1.165) is 41.5 Å². The number of hydrogen-bond donors (Lipinski definition) is 1. The molecule has 0 saturated carbocycles. The fraction of sp³-hybridized carbons (Fsp3) is 0.393. The highest BCUT2D eigenvalue weighted by Crippen LogP contribution is 2.33. The number of ether oxygens (including phenoxy) is 1. The van der Waals surface area contributed by atoms with Gasteiger partial charge in [0.1, 0.15) is 5.75 Å². The Balaban J connectivity index is 1.39. The SMILES string of the molecule is Cc1ccc(OC(C)C(=O)Nc2ccc(-c3ccc(N4CCCC4)nn3)cc2)c(C(C)(C)C)c1. The molecular weight excluding hydrogens is 424 g/mol. The molecule has 1 amide bonds. The summed E-state index contributed by atoms with van der Waals surface area (Å²) in [5.41, 5.74) is 4.66. The summed E-state index contributed by atoms with van der Waals surface area (Å²) in [4.78, 5) is 15.1. The zero-order valence-corrected chi connectivity index (χ0v) is 20.8. The predicted molar refractivity (Wildman–Crippen MR) is 138 cm³/mol. The second-order valence-corrected chi connectivity index (χ2v) is 10.0. The molecule has 1 atom stereocenters. The third kappa shape index (κ3) is 5.56. The molecule has 6 nitrogen and oxygen atoms in total. The normalized spacial score (nSPS) is 14.7.